The number of hydrogen-bond donors (Lipinski definition) is 1. The average Bonchev–Trinajstić information content (AvgIpc) is 3.32. The van der Waals surface area contributed by atoms with Gasteiger partial charge in [0, 0.05) is 29.6 Å². The van der Waals surface area contributed by atoms with Crippen molar-refractivity contribution in [3.63, 3.8) is 0 Å². The van der Waals surface area contributed by atoms with Gasteiger partial charge in [-0.15, -0.1) is 0 Å². The third-order valence-corrected chi connectivity index (χ3v) is 7.94. The number of methoxy groups -OCH3 is 2. The molecule has 0 spiro atoms. The first-order valence-electron chi connectivity index (χ1n) is 13.0. The topological polar surface area (TPSA) is 74.9 Å². The minimum absolute atomic E-state index is 0.000378. The maximum atomic E-state index is 14.0. The predicted octanol–water partition coefficient (Wildman–Crippen LogP) is 4.42. The molecule has 6 rings (SSSR count). The lowest BCUT2D eigenvalue weighted by Crippen LogP contribution is -2.63. The number of H-pyrrole nitrogens is 1. The highest BCUT2D eigenvalue weighted by molar-refractivity contribution is 5.97. The molecule has 7 heteroatoms. The standard InChI is InChI=1S/C31H31N3O4/c1-19-8-4-5-9-21(19)30-29-23(22-10-6-7-11-24(22)32-29)17-25-31(36)33(18-28(35)34(25)30)15-14-20-12-13-26(37-2)27(16-20)38-3/h4-13,16,25,30,32H,14-15,17-18H2,1-3H3/t25-,30?/m0/s1. The number of piperazine rings is 1. The molecule has 0 saturated carbocycles. The van der Waals surface area contributed by atoms with Gasteiger partial charge in [-0.05, 0) is 53.8 Å². The molecule has 1 fully saturated rings. The van der Waals surface area contributed by atoms with Crippen LogP contribution in [0.4, 0.5) is 0 Å². The molecule has 2 amide bonds. The molecule has 0 radical (unpaired) electrons. The van der Waals surface area contributed by atoms with E-state index in [-0.39, 0.29) is 24.4 Å². The van der Waals surface area contributed by atoms with Gasteiger partial charge in [-0.3, -0.25) is 9.59 Å². The summed E-state index contributed by atoms with van der Waals surface area (Å²) >= 11 is 0. The number of aromatic amines is 1. The Bertz CT molecular complexity index is 1540. The molecule has 0 bridgehead atoms. The number of nitrogens with one attached hydrogen (secondary N) is 1. The zero-order valence-corrected chi connectivity index (χ0v) is 21.9. The van der Waals surface area contributed by atoms with Crippen LogP contribution in [0.25, 0.3) is 10.9 Å². The van der Waals surface area contributed by atoms with Crippen molar-refractivity contribution in [2.45, 2.75) is 31.8 Å². The Morgan fingerprint density at radius 2 is 1.71 bits per heavy atom. The first-order valence-corrected chi connectivity index (χ1v) is 13.0. The maximum Gasteiger partial charge on any atom is 0.246 e. The molecule has 3 heterocycles. The highest BCUT2D eigenvalue weighted by Gasteiger charge is 2.48. The van der Waals surface area contributed by atoms with Crippen molar-refractivity contribution in [3.8, 4) is 11.5 Å². The van der Waals surface area contributed by atoms with E-state index in [1.165, 1.54) is 0 Å². The summed E-state index contributed by atoms with van der Waals surface area (Å²) in [5.41, 5.74) is 6.32. The van der Waals surface area contributed by atoms with Crippen molar-refractivity contribution in [2.24, 2.45) is 0 Å². The van der Waals surface area contributed by atoms with Gasteiger partial charge in [0.2, 0.25) is 11.8 Å². The molecule has 2 atom stereocenters. The van der Waals surface area contributed by atoms with Crippen LogP contribution >= 0.6 is 0 Å². The Hall–Kier alpha value is -4.26. The zero-order valence-electron chi connectivity index (χ0n) is 21.9. The number of aryl methyl sites for hydroxylation is 1. The first-order chi connectivity index (χ1) is 18.5. The van der Waals surface area contributed by atoms with E-state index in [1.54, 1.807) is 19.1 Å². The SMILES string of the molecule is COc1ccc(CCN2CC(=O)N3C(c4ccccc4C)c4[nH]c5ccccc5c4C[C@H]3C2=O)cc1OC. The van der Waals surface area contributed by atoms with Crippen LogP contribution in [0, 0.1) is 6.92 Å². The van der Waals surface area contributed by atoms with Crippen LogP contribution in [0.5, 0.6) is 11.5 Å². The van der Waals surface area contributed by atoms with Crippen LogP contribution < -0.4 is 9.47 Å². The molecule has 3 aromatic carbocycles. The van der Waals surface area contributed by atoms with Gasteiger partial charge in [0.1, 0.15) is 6.04 Å². The Morgan fingerprint density at radius 1 is 0.947 bits per heavy atom. The smallest absolute Gasteiger partial charge is 0.246 e. The highest BCUT2D eigenvalue weighted by Crippen LogP contribution is 2.43. The molecule has 194 valence electrons. The third kappa shape index (κ3) is 3.90. The fourth-order valence-electron chi connectivity index (χ4n) is 6.03. The van der Waals surface area contributed by atoms with Crippen molar-refractivity contribution >= 4 is 22.7 Å². The number of benzene rings is 3. The lowest BCUT2D eigenvalue weighted by atomic mass is 9.85. The van der Waals surface area contributed by atoms with Gasteiger partial charge in [0.05, 0.1) is 26.8 Å². The van der Waals surface area contributed by atoms with Crippen LogP contribution in [-0.2, 0) is 22.4 Å². The molecule has 38 heavy (non-hydrogen) atoms. The molecular formula is C31H31N3O4. The van der Waals surface area contributed by atoms with Crippen LogP contribution in [0.3, 0.4) is 0 Å². The van der Waals surface area contributed by atoms with Gasteiger partial charge < -0.3 is 24.3 Å². The minimum Gasteiger partial charge on any atom is -0.493 e. The van der Waals surface area contributed by atoms with Crippen molar-refractivity contribution in [2.75, 3.05) is 27.3 Å². The maximum absolute atomic E-state index is 14.0. The first kappa shape index (κ1) is 24.1. The molecule has 7 nitrogen and oxygen atoms in total. The number of amides is 2. The largest absolute Gasteiger partial charge is 0.493 e. The van der Waals surface area contributed by atoms with E-state index in [0.717, 1.165) is 38.9 Å². The van der Waals surface area contributed by atoms with Gasteiger partial charge in [-0.1, -0.05) is 48.5 Å². The monoisotopic (exact) mass is 509 g/mol. The van der Waals surface area contributed by atoms with Crippen molar-refractivity contribution < 1.29 is 19.1 Å². The number of rotatable bonds is 6. The third-order valence-electron chi connectivity index (χ3n) is 7.94. The minimum atomic E-state index is -0.544. The fourth-order valence-corrected chi connectivity index (χ4v) is 6.03. The number of aromatic nitrogens is 1. The van der Waals surface area contributed by atoms with Crippen LogP contribution in [0.2, 0.25) is 0 Å². The summed E-state index contributed by atoms with van der Waals surface area (Å²) in [5, 5.41) is 1.11. The summed E-state index contributed by atoms with van der Waals surface area (Å²) in [5.74, 6) is 1.28. The van der Waals surface area contributed by atoms with Crippen molar-refractivity contribution in [1.29, 1.82) is 0 Å². The molecule has 2 aliphatic heterocycles. The lowest BCUT2D eigenvalue weighted by Gasteiger charge is -2.47. The van der Waals surface area contributed by atoms with E-state index >= 15 is 0 Å². The zero-order chi connectivity index (χ0) is 26.4. The van der Waals surface area contributed by atoms with E-state index in [9.17, 15) is 9.59 Å². The van der Waals surface area contributed by atoms with Crippen molar-refractivity contribution in [3.05, 3.63) is 94.7 Å². The molecule has 1 saturated heterocycles. The van der Waals surface area contributed by atoms with Crippen LogP contribution in [-0.4, -0.2) is 59.9 Å². The van der Waals surface area contributed by atoms with E-state index in [1.807, 2.05) is 47.4 Å². The van der Waals surface area contributed by atoms with Gasteiger partial charge in [-0.2, -0.15) is 0 Å². The summed E-state index contributed by atoms with van der Waals surface area (Å²) in [4.78, 5) is 34.9. The fraction of sp³-hybridized carbons (Fsp3) is 0.290. The number of hydrogen-bond acceptors (Lipinski definition) is 4. The summed E-state index contributed by atoms with van der Waals surface area (Å²) in [6.07, 6.45) is 1.12. The van der Waals surface area contributed by atoms with E-state index in [4.69, 9.17) is 9.47 Å². The number of para-hydroxylation sites is 1. The summed E-state index contributed by atoms with van der Waals surface area (Å²) in [7, 11) is 3.21. The number of fused-ring (bicyclic) bond motifs is 4. The van der Waals surface area contributed by atoms with E-state index in [2.05, 4.69) is 36.2 Å². The van der Waals surface area contributed by atoms with Crippen LogP contribution in [0.15, 0.2) is 66.7 Å². The molecule has 1 aromatic heterocycles. The molecule has 2 aliphatic rings. The Kier molecular flexibility index (Phi) is 6.06. The summed E-state index contributed by atoms with van der Waals surface area (Å²) < 4.78 is 10.8. The summed E-state index contributed by atoms with van der Waals surface area (Å²) in [6, 6.07) is 21.2. The van der Waals surface area contributed by atoms with Gasteiger partial charge in [-0.25, -0.2) is 0 Å². The number of ether oxygens (including phenoxy) is 2. The normalized spacial score (nSPS) is 18.9. The Balaban J connectivity index is 1.35. The highest BCUT2D eigenvalue weighted by atomic mass is 16.5. The van der Waals surface area contributed by atoms with E-state index in [0.29, 0.717) is 30.9 Å². The van der Waals surface area contributed by atoms with Gasteiger partial charge in [0.15, 0.2) is 11.5 Å². The Labute approximate surface area is 222 Å². The second-order valence-corrected chi connectivity index (χ2v) is 10.0. The number of carbonyl (C=O) groups is 2. The predicted molar refractivity (Wildman–Crippen MR) is 145 cm³/mol. The lowest BCUT2D eigenvalue weighted by molar-refractivity contribution is -0.158. The van der Waals surface area contributed by atoms with Crippen molar-refractivity contribution in [1.82, 2.24) is 14.8 Å². The average molecular weight is 510 g/mol. The second-order valence-electron chi connectivity index (χ2n) is 10.0. The van der Waals surface area contributed by atoms with Gasteiger partial charge in [0.25, 0.3) is 0 Å². The van der Waals surface area contributed by atoms with Crippen LogP contribution in [0.1, 0.15) is 34.0 Å². The Morgan fingerprint density at radius 3 is 2.50 bits per heavy atom. The number of nitrogens with zero attached hydrogens (tertiary/aromatic N) is 2. The quantitative estimate of drug-likeness (QED) is 0.418. The molecule has 1 N–H and O–H groups in total. The van der Waals surface area contributed by atoms with Gasteiger partial charge >= 0.3 is 0 Å². The summed E-state index contributed by atoms with van der Waals surface area (Å²) in [6.45, 7) is 2.59. The second kappa shape index (κ2) is 9.56. The van der Waals surface area contributed by atoms with E-state index < -0.39 is 6.04 Å². The molecule has 1 unspecified atom stereocenters. The number of carbonyl (C=O) groups excluding carboxylic acids is 2. The molecule has 4 aromatic rings. The molecule has 0 aliphatic carbocycles. The molecular weight excluding hydrogens is 478 g/mol.